The second-order valence-electron chi connectivity index (χ2n) is 5.96. The lowest BCUT2D eigenvalue weighted by atomic mass is 9.85. The SMILES string of the molecule is CCOC(=O)C1=C(C)O[C@@H](C(=O)c2ccco2)[C@@H]1c1ccc(C)cc1. The maximum Gasteiger partial charge on any atom is 0.338 e. The van der Waals surface area contributed by atoms with Gasteiger partial charge in [0.15, 0.2) is 11.9 Å². The second-order valence-corrected chi connectivity index (χ2v) is 5.96. The number of esters is 1. The Kier molecular flexibility index (Phi) is 4.74. The normalized spacial score (nSPS) is 19.6. The molecule has 0 bridgehead atoms. The smallest absolute Gasteiger partial charge is 0.338 e. The minimum atomic E-state index is -0.853. The van der Waals surface area contributed by atoms with E-state index >= 15 is 0 Å². The number of hydrogen-bond acceptors (Lipinski definition) is 5. The van der Waals surface area contributed by atoms with E-state index in [2.05, 4.69) is 0 Å². The molecule has 2 heterocycles. The van der Waals surface area contributed by atoms with Crippen molar-refractivity contribution in [2.45, 2.75) is 32.8 Å². The van der Waals surface area contributed by atoms with Crippen LogP contribution in [-0.4, -0.2) is 24.5 Å². The number of allylic oxidation sites excluding steroid dienone is 1. The van der Waals surface area contributed by atoms with Gasteiger partial charge in [0.2, 0.25) is 5.78 Å². The van der Waals surface area contributed by atoms with Crippen molar-refractivity contribution in [1.82, 2.24) is 0 Å². The van der Waals surface area contributed by atoms with Crippen molar-refractivity contribution in [3.05, 3.63) is 70.9 Å². The molecule has 1 aliphatic heterocycles. The molecule has 1 aromatic carbocycles. The average molecular weight is 340 g/mol. The monoisotopic (exact) mass is 340 g/mol. The van der Waals surface area contributed by atoms with Crippen molar-refractivity contribution in [2.75, 3.05) is 6.61 Å². The highest BCUT2D eigenvalue weighted by atomic mass is 16.5. The molecule has 0 amide bonds. The Bertz CT molecular complexity index is 799. The van der Waals surface area contributed by atoms with Gasteiger partial charge in [0.1, 0.15) is 5.76 Å². The highest BCUT2D eigenvalue weighted by molar-refractivity contribution is 6.01. The first-order valence-corrected chi connectivity index (χ1v) is 8.21. The summed E-state index contributed by atoms with van der Waals surface area (Å²) in [5, 5.41) is 0. The third-order valence-corrected chi connectivity index (χ3v) is 4.25. The highest BCUT2D eigenvalue weighted by Crippen LogP contribution is 2.41. The molecular formula is C20H20O5. The fourth-order valence-corrected chi connectivity index (χ4v) is 3.05. The van der Waals surface area contributed by atoms with Crippen molar-refractivity contribution in [1.29, 1.82) is 0 Å². The molecule has 0 radical (unpaired) electrons. The molecule has 0 spiro atoms. The minimum Gasteiger partial charge on any atom is -0.485 e. The van der Waals surface area contributed by atoms with Crippen LogP contribution in [0.25, 0.3) is 0 Å². The zero-order valence-corrected chi connectivity index (χ0v) is 14.4. The molecule has 0 saturated carbocycles. The predicted molar refractivity (Wildman–Crippen MR) is 91.2 cm³/mol. The van der Waals surface area contributed by atoms with Crippen LogP contribution in [-0.2, 0) is 14.3 Å². The number of ether oxygens (including phenoxy) is 2. The van der Waals surface area contributed by atoms with E-state index in [0.717, 1.165) is 11.1 Å². The molecule has 0 N–H and O–H groups in total. The number of benzene rings is 1. The summed E-state index contributed by atoms with van der Waals surface area (Å²) in [6.45, 7) is 5.67. The quantitative estimate of drug-likeness (QED) is 0.612. The zero-order chi connectivity index (χ0) is 18.0. The summed E-state index contributed by atoms with van der Waals surface area (Å²) in [6.07, 6.45) is 0.587. The van der Waals surface area contributed by atoms with E-state index in [0.29, 0.717) is 11.3 Å². The summed E-state index contributed by atoms with van der Waals surface area (Å²) in [7, 11) is 0. The summed E-state index contributed by atoms with van der Waals surface area (Å²) < 4.78 is 16.2. The lowest BCUT2D eigenvalue weighted by molar-refractivity contribution is -0.138. The van der Waals surface area contributed by atoms with Crippen LogP contribution in [0.3, 0.4) is 0 Å². The second kappa shape index (κ2) is 6.97. The molecule has 0 saturated heterocycles. The first kappa shape index (κ1) is 17.0. The summed E-state index contributed by atoms with van der Waals surface area (Å²) in [5.41, 5.74) is 2.31. The van der Waals surface area contributed by atoms with Gasteiger partial charge >= 0.3 is 5.97 Å². The summed E-state index contributed by atoms with van der Waals surface area (Å²) in [6, 6.07) is 10.9. The molecule has 25 heavy (non-hydrogen) atoms. The van der Waals surface area contributed by atoms with E-state index in [1.165, 1.54) is 6.26 Å². The van der Waals surface area contributed by atoms with Crippen LogP contribution in [0.5, 0.6) is 0 Å². The fraction of sp³-hybridized carbons (Fsp3) is 0.300. The van der Waals surface area contributed by atoms with Gasteiger partial charge in [0.05, 0.1) is 24.4 Å². The topological polar surface area (TPSA) is 65.7 Å². The molecule has 130 valence electrons. The van der Waals surface area contributed by atoms with Crippen LogP contribution in [0, 0.1) is 6.92 Å². The van der Waals surface area contributed by atoms with Gasteiger partial charge in [0, 0.05) is 0 Å². The van der Waals surface area contributed by atoms with Crippen LogP contribution in [0.4, 0.5) is 0 Å². The Morgan fingerprint density at radius 2 is 1.84 bits per heavy atom. The Morgan fingerprint density at radius 1 is 1.12 bits per heavy atom. The van der Waals surface area contributed by atoms with Gasteiger partial charge in [-0.3, -0.25) is 4.79 Å². The maximum absolute atomic E-state index is 12.8. The van der Waals surface area contributed by atoms with E-state index in [9.17, 15) is 9.59 Å². The molecule has 1 aliphatic rings. The van der Waals surface area contributed by atoms with Crippen molar-refractivity contribution >= 4 is 11.8 Å². The van der Waals surface area contributed by atoms with Gasteiger partial charge in [-0.1, -0.05) is 29.8 Å². The number of ketones is 1. The fourth-order valence-electron chi connectivity index (χ4n) is 3.05. The van der Waals surface area contributed by atoms with Gasteiger partial charge < -0.3 is 13.9 Å². The number of aryl methyl sites for hydroxylation is 1. The highest BCUT2D eigenvalue weighted by Gasteiger charge is 2.45. The Balaban J connectivity index is 2.03. The minimum absolute atomic E-state index is 0.208. The van der Waals surface area contributed by atoms with E-state index in [-0.39, 0.29) is 18.2 Å². The maximum atomic E-state index is 12.8. The van der Waals surface area contributed by atoms with E-state index in [1.54, 1.807) is 26.0 Å². The number of furan rings is 1. The average Bonchev–Trinajstić information content (AvgIpc) is 3.23. The van der Waals surface area contributed by atoms with Crippen molar-refractivity contribution in [3.63, 3.8) is 0 Å². The van der Waals surface area contributed by atoms with Gasteiger partial charge in [-0.2, -0.15) is 0 Å². The molecule has 2 aromatic rings. The summed E-state index contributed by atoms with van der Waals surface area (Å²) >= 11 is 0. The van der Waals surface area contributed by atoms with Crippen molar-refractivity contribution < 1.29 is 23.5 Å². The number of Topliss-reactive ketones (excluding diaryl/α,β-unsaturated/α-hetero) is 1. The van der Waals surface area contributed by atoms with Crippen LogP contribution in [0.1, 0.15) is 41.4 Å². The van der Waals surface area contributed by atoms with Gasteiger partial charge in [0.25, 0.3) is 0 Å². The largest absolute Gasteiger partial charge is 0.485 e. The molecule has 5 heteroatoms. The van der Waals surface area contributed by atoms with E-state index in [1.807, 2.05) is 31.2 Å². The van der Waals surface area contributed by atoms with E-state index in [4.69, 9.17) is 13.9 Å². The molecule has 5 nitrogen and oxygen atoms in total. The third kappa shape index (κ3) is 3.22. The van der Waals surface area contributed by atoms with E-state index < -0.39 is 18.0 Å². The number of carbonyl (C=O) groups is 2. The molecular weight excluding hydrogens is 320 g/mol. The lowest BCUT2D eigenvalue weighted by Gasteiger charge is -2.19. The number of rotatable bonds is 5. The third-order valence-electron chi connectivity index (χ3n) is 4.25. The summed E-state index contributed by atoms with van der Waals surface area (Å²) in [5.74, 6) is -0.666. The molecule has 0 aliphatic carbocycles. The van der Waals surface area contributed by atoms with Crippen LogP contribution in [0.15, 0.2) is 58.4 Å². The Labute approximate surface area is 146 Å². The molecule has 0 unspecified atom stereocenters. The number of carbonyl (C=O) groups excluding carboxylic acids is 2. The van der Waals surface area contributed by atoms with Crippen molar-refractivity contribution in [2.24, 2.45) is 0 Å². The van der Waals surface area contributed by atoms with Gasteiger partial charge in [-0.25, -0.2) is 4.79 Å². The van der Waals surface area contributed by atoms with Crippen LogP contribution >= 0.6 is 0 Å². The van der Waals surface area contributed by atoms with Gasteiger partial charge in [-0.15, -0.1) is 0 Å². The lowest BCUT2D eigenvalue weighted by Crippen LogP contribution is -2.29. The van der Waals surface area contributed by atoms with Gasteiger partial charge in [-0.05, 0) is 38.5 Å². The summed E-state index contributed by atoms with van der Waals surface area (Å²) in [4.78, 5) is 25.3. The molecule has 3 rings (SSSR count). The first-order valence-electron chi connectivity index (χ1n) is 8.21. The molecule has 1 aromatic heterocycles. The molecule has 2 atom stereocenters. The Morgan fingerprint density at radius 3 is 2.44 bits per heavy atom. The van der Waals surface area contributed by atoms with Crippen LogP contribution < -0.4 is 0 Å². The first-order chi connectivity index (χ1) is 12.0. The van der Waals surface area contributed by atoms with Crippen molar-refractivity contribution in [3.8, 4) is 0 Å². The molecule has 0 fully saturated rings. The Hall–Kier alpha value is -2.82. The zero-order valence-electron chi connectivity index (χ0n) is 14.4. The number of hydrogen-bond donors (Lipinski definition) is 0. The standard InChI is InChI=1S/C20H20O5/c1-4-23-20(22)16-13(3)25-19(18(21)15-6-5-11-24-15)17(16)14-9-7-12(2)8-10-14/h5-11,17,19H,4H2,1-3H3/t17-,19-/m1/s1. The predicted octanol–water partition coefficient (Wildman–Crippen LogP) is 3.79. The van der Waals surface area contributed by atoms with Crippen LogP contribution in [0.2, 0.25) is 0 Å².